The Kier molecular flexibility index (Phi) is 2.81. The third kappa shape index (κ3) is 5.46. The molecule has 0 aromatic rings. The third-order valence-corrected chi connectivity index (χ3v) is 0.624. The summed E-state index contributed by atoms with van der Waals surface area (Å²) >= 11 is 0. The van der Waals surface area contributed by atoms with Gasteiger partial charge in [-0.05, 0) is 20.8 Å². The molecule has 1 atom stereocenters. The van der Waals surface area contributed by atoms with Gasteiger partial charge in [0, 0.05) is 0 Å². The molecule has 0 aliphatic heterocycles. The Morgan fingerprint density at radius 2 is 2.00 bits per heavy atom. The van der Waals surface area contributed by atoms with E-state index in [-0.39, 0.29) is 5.60 Å². The average molecular weight is 131 g/mol. The lowest BCUT2D eigenvalue weighted by molar-refractivity contribution is -0.126. The summed E-state index contributed by atoms with van der Waals surface area (Å²) < 4.78 is 5.00. The van der Waals surface area contributed by atoms with E-state index in [0.717, 1.165) is 0 Å². The van der Waals surface area contributed by atoms with Gasteiger partial charge in [0.05, 0.1) is 5.60 Å². The largest absolute Gasteiger partial charge is 0.351 e. The van der Waals surface area contributed by atoms with Crippen LogP contribution in [0.3, 0.4) is 0 Å². The highest BCUT2D eigenvalue weighted by molar-refractivity contribution is 5.54. The minimum Gasteiger partial charge on any atom is -0.351 e. The van der Waals surface area contributed by atoms with Crippen molar-refractivity contribution in [1.82, 2.24) is 0 Å². The quantitative estimate of drug-likeness (QED) is 0.432. The zero-order valence-corrected chi connectivity index (χ0v) is 6.05. The van der Waals surface area contributed by atoms with Gasteiger partial charge in [-0.1, -0.05) is 0 Å². The minimum absolute atomic E-state index is 0.333. The van der Waals surface area contributed by atoms with E-state index in [1.165, 1.54) is 0 Å². The van der Waals surface area contributed by atoms with E-state index in [1.807, 2.05) is 20.8 Å². The summed E-state index contributed by atoms with van der Waals surface area (Å²) in [5, 5.41) is 0. The van der Waals surface area contributed by atoms with Crippen LogP contribution in [-0.2, 0) is 9.53 Å². The van der Waals surface area contributed by atoms with E-state index in [4.69, 9.17) is 10.5 Å². The maximum absolute atomic E-state index is 9.93. The monoisotopic (exact) mass is 131 g/mol. The highest BCUT2D eigenvalue weighted by Gasteiger charge is 2.13. The van der Waals surface area contributed by atoms with E-state index in [0.29, 0.717) is 6.29 Å². The van der Waals surface area contributed by atoms with Gasteiger partial charge in [0.15, 0.2) is 12.5 Å². The molecule has 0 heterocycles. The van der Waals surface area contributed by atoms with Gasteiger partial charge in [-0.2, -0.15) is 0 Å². The molecule has 0 bridgehead atoms. The van der Waals surface area contributed by atoms with Crippen LogP contribution >= 0.6 is 0 Å². The molecule has 0 fully saturated rings. The van der Waals surface area contributed by atoms with E-state index in [2.05, 4.69) is 0 Å². The molecule has 0 aromatic carbocycles. The third-order valence-electron chi connectivity index (χ3n) is 0.624. The summed E-state index contributed by atoms with van der Waals surface area (Å²) in [5.74, 6) is 0. The molecule has 54 valence electrons. The molecule has 0 radical (unpaired) electrons. The van der Waals surface area contributed by atoms with Crippen LogP contribution in [0.1, 0.15) is 20.8 Å². The lowest BCUT2D eigenvalue weighted by Gasteiger charge is -2.21. The molecular weight excluding hydrogens is 118 g/mol. The Bertz CT molecular complexity index is 95.7. The van der Waals surface area contributed by atoms with E-state index in [9.17, 15) is 4.79 Å². The molecule has 0 rings (SSSR count). The summed E-state index contributed by atoms with van der Waals surface area (Å²) in [6, 6.07) is 0. The minimum atomic E-state index is -0.787. The molecule has 2 N–H and O–H groups in total. The summed E-state index contributed by atoms with van der Waals surface area (Å²) in [6.45, 7) is 5.53. The molecule has 0 amide bonds. The second-order valence-corrected chi connectivity index (χ2v) is 2.83. The van der Waals surface area contributed by atoms with Gasteiger partial charge in [0.1, 0.15) is 0 Å². The second kappa shape index (κ2) is 2.94. The maximum atomic E-state index is 9.93. The van der Waals surface area contributed by atoms with Crippen molar-refractivity contribution in [2.24, 2.45) is 5.73 Å². The Morgan fingerprint density at radius 1 is 1.56 bits per heavy atom. The van der Waals surface area contributed by atoms with Crippen LogP contribution in [0.15, 0.2) is 0 Å². The van der Waals surface area contributed by atoms with Gasteiger partial charge in [-0.3, -0.25) is 10.5 Å². The number of hydrogen-bond acceptors (Lipinski definition) is 3. The summed E-state index contributed by atoms with van der Waals surface area (Å²) in [5.41, 5.74) is 4.84. The van der Waals surface area contributed by atoms with Crippen molar-refractivity contribution >= 4 is 6.29 Å². The Labute approximate surface area is 55.2 Å². The first-order valence-electron chi connectivity index (χ1n) is 2.84. The first kappa shape index (κ1) is 8.59. The fourth-order valence-electron chi connectivity index (χ4n) is 0.436. The topological polar surface area (TPSA) is 52.3 Å². The highest BCUT2D eigenvalue weighted by Crippen LogP contribution is 2.06. The van der Waals surface area contributed by atoms with Gasteiger partial charge >= 0.3 is 0 Å². The van der Waals surface area contributed by atoms with Crippen molar-refractivity contribution in [3.8, 4) is 0 Å². The van der Waals surface area contributed by atoms with Crippen molar-refractivity contribution in [2.75, 3.05) is 0 Å². The molecule has 0 saturated carbocycles. The normalized spacial score (nSPS) is 15.1. The number of hydrogen-bond donors (Lipinski definition) is 1. The lowest BCUT2D eigenvalue weighted by atomic mass is 10.2. The second-order valence-electron chi connectivity index (χ2n) is 2.83. The molecule has 0 saturated heterocycles. The molecule has 1 unspecified atom stereocenters. The predicted molar refractivity (Wildman–Crippen MR) is 34.9 cm³/mol. The summed E-state index contributed by atoms with van der Waals surface area (Å²) in [6.07, 6.45) is -0.212. The number of carbonyl (C=O) groups is 1. The van der Waals surface area contributed by atoms with Gasteiger partial charge < -0.3 is 4.74 Å². The highest BCUT2D eigenvalue weighted by atomic mass is 16.5. The van der Waals surface area contributed by atoms with Crippen molar-refractivity contribution in [3.63, 3.8) is 0 Å². The van der Waals surface area contributed by atoms with Crippen LogP contribution in [0.2, 0.25) is 0 Å². The molecule has 0 spiro atoms. The van der Waals surface area contributed by atoms with Crippen LogP contribution in [0.25, 0.3) is 0 Å². The fraction of sp³-hybridized carbons (Fsp3) is 0.833. The fourth-order valence-corrected chi connectivity index (χ4v) is 0.436. The van der Waals surface area contributed by atoms with Crippen LogP contribution in [-0.4, -0.2) is 18.1 Å². The smallest absolute Gasteiger partial charge is 0.163 e. The molecule has 3 nitrogen and oxygen atoms in total. The number of rotatable bonds is 2. The van der Waals surface area contributed by atoms with Crippen molar-refractivity contribution in [2.45, 2.75) is 32.6 Å². The number of ether oxygens (including phenoxy) is 1. The first-order valence-corrected chi connectivity index (χ1v) is 2.84. The zero-order valence-electron chi connectivity index (χ0n) is 6.05. The average Bonchev–Trinajstić information content (AvgIpc) is 1.62. The Morgan fingerprint density at radius 3 is 2.11 bits per heavy atom. The molecular formula is C6H13NO2. The lowest BCUT2D eigenvalue weighted by Crippen LogP contribution is -2.34. The van der Waals surface area contributed by atoms with Gasteiger partial charge in [0.25, 0.3) is 0 Å². The number of aldehydes is 1. The Hall–Kier alpha value is -0.410. The number of nitrogens with two attached hydrogens (primary N) is 1. The molecule has 0 aromatic heterocycles. The Balaban J connectivity index is 3.59. The zero-order chi connectivity index (χ0) is 7.49. The van der Waals surface area contributed by atoms with E-state index in [1.54, 1.807) is 0 Å². The van der Waals surface area contributed by atoms with Gasteiger partial charge in [-0.25, -0.2) is 0 Å². The van der Waals surface area contributed by atoms with E-state index < -0.39 is 6.23 Å². The van der Waals surface area contributed by atoms with Crippen LogP contribution in [0, 0.1) is 0 Å². The van der Waals surface area contributed by atoms with Gasteiger partial charge in [0.2, 0.25) is 0 Å². The molecule has 3 heteroatoms. The summed E-state index contributed by atoms with van der Waals surface area (Å²) in [7, 11) is 0. The molecule has 9 heavy (non-hydrogen) atoms. The standard InChI is InChI=1S/C6H13NO2/c1-6(2,3)9-5(7)4-8/h4-5H,7H2,1-3H3. The van der Waals surface area contributed by atoms with Crippen LogP contribution < -0.4 is 5.73 Å². The van der Waals surface area contributed by atoms with Gasteiger partial charge in [-0.15, -0.1) is 0 Å². The first-order chi connectivity index (χ1) is 3.95. The van der Waals surface area contributed by atoms with Crippen LogP contribution in [0.4, 0.5) is 0 Å². The predicted octanol–water partition coefficient (Wildman–Crippen LogP) is 0.285. The summed E-state index contributed by atoms with van der Waals surface area (Å²) in [4.78, 5) is 9.93. The van der Waals surface area contributed by atoms with Crippen molar-refractivity contribution in [3.05, 3.63) is 0 Å². The SMILES string of the molecule is CC(C)(C)OC(N)C=O. The van der Waals surface area contributed by atoms with Crippen molar-refractivity contribution in [1.29, 1.82) is 0 Å². The van der Waals surface area contributed by atoms with E-state index >= 15 is 0 Å². The molecule has 0 aliphatic carbocycles. The van der Waals surface area contributed by atoms with Crippen LogP contribution in [0.5, 0.6) is 0 Å². The van der Waals surface area contributed by atoms with Crippen molar-refractivity contribution < 1.29 is 9.53 Å². The number of carbonyl (C=O) groups excluding carboxylic acids is 1. The maximum Gasteiger partial charge on any atom is 0.163 e. The molecule has 0 aliphatic rings.